The first-order valence-electron chi connectivity index (χ1n) is 3.37. The smallest absolute Gasteiger partial charge is 0.126 e. The Balaban J connectivity index is 3.11. The summed E-state index contributed by atoms with van der Waals surface area (Å²) in [4.78, 5) is 0. The molecule has 0 fully saturated rings. The maximum absolute atomic E-state index is 5.10. The summed E-state index contributed by atoms with van der Waals surface area (Å²) in [6.45, 7) is 3.50. The molecule has 0 bridgehead atoms. The SMILES string of the molecule is C=C=Cc1ccccc1OC. The van der Waals surface area contributed by atoms with Gasteiger partial charge in [0.2, 0.25) is 0 Å². The van der Waals surface area contributed by atoms with E-state index in [9.17, 15) is 0 Å². The zero-order valence-electron chi connectivity index (χ0n) is 6.50. The third-order valence-electron chi connectivity index (χ3n) is 1.40. The van der Waals surface area contributed by atoms with Gasteiger partial charge in [0.05, 0.1) is 7.11 Å². The standard InChI is InChI=1S/C10H10O/c1-3-6-9-7-4-5-8-10(9)11-2/h4-8H,1H2,2H3. The summed E-state index contributed by atoms with van der Waals surface area (Å²) in [5.74, 6) is 0.851. The van der Waals surface area contributed by atoms with Crippen LogP contribution in [0.15, 0.2) is 36.6 Å². The Kier molecular flexibility index (Phi) is 2.53. The van der Waals surface area contributed by atoms with Crippen molar-refractivity contribution in [3.63, 3.8) is 0 Å². The molecular weight excluding hydrogens is 136 g/mol. The minimum absolute atomic E-state index is 0.851. The highest BCUT2D eigenvalue weighted by molar-refractivity contribution is 5.56. The fourth-order valence-corrected chi connectivity index (χ4v) is 0.896. The molecule has 56 valence electrons. The van der Waals surface area contributed by atoms with Crippen molar-refractivity contribution in [3.8, 4) is 5.75 Å². The van der Waals surface area contributed by atoms with Gasteiger partial charge in [-0.1, -0.05) is 24.8 Å². The Morgan fingerprint density at radius 1 is 1.45 bits per heavy atom. The number of hydrogen-bond donors (Lipinski definition) is 0. The Hall–Kier alpha value is -1.46. The van der Waals surface area contributed by atoms with Crippen LogP contribution in [0.4, 0.5) is 0 Å². The van der Waals surface area contributed by atoms with Crippen LogP contribution in [0.3, 0.4) is 0 Å². The molecule has 0 aromatic heterocycles. The van der Waals surface area contributed by atoms with Crippen LogP contribution in [-0.2, 0) is 0 Å². The van der Waals surface area contributed by atoms with Gasteiger partial charge in [0.25, 0.3) is 0 Å². The molecule has 11 heavy (non-hydrogen) atoms. The van der Waals surface area contributed by atoms with E-state index in [-0.39, 0.29) is 0 Å². The van der Waals surface area contributed by atoms with Crippen LogP contribution in [0.1, 0.15) is 5.56 Å². The van der Waals surface area contributed by atoms with Crippen LogP contribution in [-0.4, -0.2) is 7.11 Å². The van der Waals surface area contributed by atoms with Crippen LogP contribution < -0.4 is 4.74 Å². The fourth-order valence-electron chi connectivity index (χ4n) is 0.896. The van der Waals surface area contributed by atoms with Crippen LogP contribution in [0.25, 0.3) is 6.08 Å². The zero-order valence-corrected chi connectivity index (χ0v) is 6.50. The van der Waals surface area contributed by atoms with Gasteiger partial charge < -0.3 is 4.74 Å². The van der Waals surface area contributed by atoms with Crippen molar-refractivity contribution in [2.45, 2.75) is 0 Å². The van der Waals surface area contributed by atoms with Crippen LogP contribution in [0, 0.1) is 0 Å². The van der Waals surface area contributed by atoms with Crippen LogP contribution in [0.5, 0.6) is 5.75 Å². The molecule has 1 heteroatoms. The first-order valence-corrected chi connectivity index (χ1v) is 3.37. The zero-order chi connectivity index (χ0) is 8.10. The van der Waals surface area contributed by atoms with Crippen molar-refractivity contribution >= 4 is 6.08 Å². The summed E-state index contributed by atoms with van der Waals surface area (Å²) in [6, 6.07) is 7.74. The second-order valence-corrected chi connectivity index (χ2v) is 2.09. The lowest BCUT2D eigenvalue weighted by atomic mass is 10.2. The second-order valence-electron chi connectivity index (χ2n) is 2.09. The van der Waals surface area contributed by atoms with Gasteiger partial charge in [0, 0.05) is 5.56 Å². The fraction of sp³-hybridized carbons (Fsp3) is 0.100. The van der Waals surface area contributed by atoms with Crippen molar-refractivity contribution in [2.24, 2.45) is 0 Å². The minimum atomic E-state index is 0.851. The van der Waals surface area contributed by atoms with Gasteiger partial charge in [-0.15, -0.1) is 5.73 Å². The molecule has 0 heterocycles. The lowest BCUT2D eigenvalue weighted by molar-refractivity contribution is 0.414. The highest BCUT2D eigenvalue weighted by atomic mass is 16.5. The van der Waals surface area contributed by atoms with Crippen LogP contribution >= 0.6 is 0 Å². The molecule has 0 saturated heterocycles. The molecule has 0 saturated carbocycles. The molecule has 0 spiro atoms. The van der Waals surface area contributed by atoms with E-state index in [4.69, 9.17) is 4.74 Å². The number of hydrogen-bond acceptors (Lipinski definition) is 1. The summed E-state index contributed by atoms with van der Waals surface area (Å²) in [5.41, 5.74) is 3.71. The third-order valence-corrected chi connectivity index (χ3v) is 1.40. The molecule has 1 aromatic rings. The Morgan fingerprint density at radius 2 is 2.18 bits per heavy atom. The highest BCUT2D eigenvalue weighted by Gasteiger charge is 1.94. The predicted octanol–water partition coefficient (Wildman–Crippen LogP) is 2.49. The highest BCUT2D eigenvalue weighted by Crippen LogP contribution is 2.17. The molecule has 0 aliphatic rings. The largest absolute Gasteiger partial charge is 0.496 e. The van der Waals surface area contributed by atoms with E-state index in [0.717, 1.165) is 11.3 Å². The van der Waals surface area contributed by atoms with Crippen molar-refractivity contribution in [1.29, 1.82) is 0 Å². The van der Waals surface area contributed by atoms with E-state index in [2.05, 4.69) is 12.3 Å². The first kappa shape index (κ1) is 7.64. The normalized spacial score (nSPS) is 8.45. The molecule has 0 atom stereocenters. The Labute approximate surface area is 66.6 Å². The Morgan fingerprint density at radius 3 is 2.82 bits per heavy atom. The van der Waals surface area contributed by atoms with E-state index in [1.165, 1.54) is 0 Å². The van der Waals surface area contributed by atoms with Gasteiger partial charge in [-0.2, -0.15) is 0 Å². The quantitative estimate of drug-likeness (QED) is 0.582. The topological polar surface area (TPSA) is 9.23 Å². The van der Waals surface area contributed by atoms with Crippen molar-refractivity contribution in [1.82, 2.24) is 0 Å². The molecule has 0 unspecified atom stereocenters. The van der Waals surface area contributed by atoms with Gasteiger partial charge >= 0.3 is 0 Å². The van der Waals surface area contributed by atoms with Crippen molar-refractivity contribution in [3.05, 3.63) is 42.1 Å². The number of para-hydroxylation sites is 1. The van der Waals surface area contributed by atoms with Gasteiger partial charge in [-0.05, 0) is 12.1 Å². The average molecular weight is 146 g/mol. The molecule has 0 aliphatic carbocycles. The lowest BCUT2D eigenvalue weighted by Gasteiger charge is -2.01. The number of ether oxygens (including phenoxy) is 1. The summed E-state index contributed by atoms with van der Waals surface area (Å²) in [6.07, 6.45) is 1.79. The van der Waals surface area contributed by atoms with E-state index in [1.807, 2.05) is 24.3 Å². The maximum Gasteiger partial charge on any atom is 0.126 e. The molecule has 0 aliphatic heterocycles. The molecule has 1 rings (SSSR count). The first-order chi connectivity index (χ1) is 5.38. The number of methoxy groups -OCH3 is 1. The predicted molar refractivity (Wildman–Crippen MR) is 46.6 cm³/mol. The van der Waals surface area contributed by atoms with Gasteiger partial charge in [-0.3, -0.25) is 0 Å². The molecular formula is C10H10O. The summed E-state index contributed by atoms with van der Waals surface area (Å²) >= 11 is 0. The molecule has 0 amide bonds. The molecule has 0 radical (unpaired) electrons. The lowest BCUT2D eigenvalue weighted by Crippen LogP contribution is -1.84. The van der Waals surface area contributed by atoms with Gasteiger partial charge in [-0.25, -0.2) is 0 Å². The minimum Gasteiger partial charge on any atom is -0.496 e. The number of rotatable bonds is 2. The average Bonchev–Trinajstić information content (AvgIpc) is 2.06. The third kappa shape index (κ3) is 1.73. The molecule has 1 aromatic carbocycles. The summed E-state index contributed by atoms with van der Waals surface area (Å²) in [7, 11) is 1.65. The van der Waals surface area contributed by atoms with E-state index in [0.29, 0.717) is 0 Å². The maximum atomic E-state index is 5.10. The summed E-state index contributed by atoms with van der Waals surface area (Å²) in [5, 5.41) is 0. The van der Waals surface area contributed by atoms with Gasteiger partial charge in [0.15, 0.2) is 0 Å². The molecule has 0 N–H and O–H groups in total. The number of benzene rings is 1. The van der Waals surface area contributed by atoms with Gasteiger partial charge in [0.1, 0.15) is 5.75 Å². The van der Waals surface area contributed by atoms with Crippen molar-refractivity contribution in [2.75, 3.05) is 7.11 Å². The summed E-state index contributed by atoms with van der Waals surface area (Å²) < 4.78 is 5.10. The van der Waals surface area contributed by atoms with E-state index in [1.54, 1.807) is 13.2 Å². The van der Waals surface area contributed by atoms with Crippen molar-refractivity contribution < 1.29 is 4.74 Å². The van der Waals surface area contributed by atoms with Crippen LogP contribution in [0.2, 0.25) is 0 Å². The second kappa shape index (κ2) is 3.65. The van der Waals surface area contributed by atoms with E-state index < -0.39 is 0 Å². The molecule has 1 nitrogen and oxygen atoms in total. The van der Waals surface area contributed by atoms with E-state index >= 15 is 0 Å². The Bertz CT molecular complexity index is 283. The monoisotopic (exact) mass is 146 g/mol.